The molecule has 0 fully saturated rings. The Bertz CT molecular complexity index is 970. The van der Waals surface area contributed by atoms with Crippen LogP contribution in [0.25, 0.3) is 6.08 Å². The molecule has 1 unspecified atom stereocenters. The standard InChI is InChI=1S/C23H29NO5S/c1-5-18(3)24(23(25)15-13-19-10-8-7-9-11-19)17-20-12-14-21(28-4)22(16-20)29-30(26,27)6-2/h7-16,18H,5-6,17H2,1-4H3/b15-13+. The number of nitrogens with zero attached hydrogens (tertiary/aromatic N) is 1. The molecule has 0 heterocycles. The van der Waals surface area contributed by atoms with E-state index in [0.717, 1.165) is 17.5 Å². The topological polar surface area (TPSA) is 72.9 Å². The normalized spacial score (nSPS) is 12.5. The van der Waals surface area contributed by atoms with Crippen LogP contribution in [0.4, 0.5) is 0 Å². The summed E-state index contributed by atoms with van der Waals surface area (Å²) in [6.45, 7) is 5.83. The number of ether oxygens (including phenoxy) is 1. The van der Waals surface area contributed by atoms with Crippen LogP contribution in [0, 0.1) is 0 Å². The van der Waals surface area contributed by atoms with Crippen LogP contribution in [0.15, 0.2) is 54.6 Å². The summed E-state index contributed by atoms with van der Waals surface area (Å²) in [5.41, 5.74) is 1.69. The molecule has 2 aromatic carbocycles. The van der Waals surface area contributed by atoms with Crippen molar-refractivity contribution in [1.82, 2.24) is 4.90 Å². The first-order valence-corrected chi connectivity index (χ1v) is 11.5. The van der Waals surface area contributed by atoms with E-state index in [1.54, 1.807) is 35.3 Å². The second-order valence-corrected chi connectivity index (χ2v) is 8.74. The molecule has 0 aliphatic carbocycles. The number of carbonyl (C=O) groups is 1. The molecule has 7 heteroatoms. The Labute approximate surface area is 179 Å². The van der Waals surface area contributed by atoms with E-state index in [9.17, 15) is 13.2 Å². The van der Waals surface area contributed by atoms with Gasteiger partial charge in [-0.1, -0.05) is 43.3 Å². The van der Waals surface area contributed by atoms with Crippen molar-refractivity contribution in [2.75, 3.05) is 12.9 Å². The van der Waals surface area contributed by atoms with Crippen LogP contribution in [0.3, 0.4) is 0 Å². The van der Waals surface area contributed by atoms with Gasteiger partial charge in [0.1, 0.15) is 0 Å². The molecule has 1 atom stereocenters. The molecule has 30 heavy (non-hydrogen) atoms. The summed E-state index contributed by atoms with van der Waals surface area (Å²) in [5.74, 6) is 0.171. The van der Waals surface area contributed by atoms with E-state index in [-0.39, 0.29) is 23.5 Å². The largest absolute Gasteiger partial charge is 0.493 e. The number of carbonyl (C=O) groups excluding carboxylic acids is 1. The summed E-state index contributed by atoms with van der Waals surface area (Å²) < 4.78 is 34.2. The first-order chi connectivity index (χ1) is 14.3. The summed E-state index contributed by atoms with van der Waals surface area (Å²) >= 11 is 0. The average Bonchev–Trinajstić information content (AvgIpc) is 2.76. The average molecular weight is 432 g/mol. The second-order valence-electron chi connectivity index (χ2n) is 6.88. The third-order valence-corrected chi connectivity index (χ3v) is 5.92. The van der Waals surface area contributed by atoms with Crippen molar-refractivity contribution < 1.29 is 22.1 Å². The summed E-state index contributed by atoms with van der Waals surface area (Å²) in [6.07, 6.45) is 4.13. The van der Waals surface area contributed by atoms with Gasteiger partial charge in [0.25, 0.3) is 0 Å². The lowest BCUT2D eigenvalue weighted by Crippen LogP contribution is -2.36. The Balaban J connectivity index is 2.27. The number of benzene rings is 2. The van der Waals surface area contributed by atoms with E-state index < -0.39 is 10.1 Å². The van der Waals surface area contributed by atoms with E-state index in [2.05, 4.69) is 0 Å². The van der Waals surface area contributed by atoms with Gasteiger partial charge in [0.2, 0.25) is 5.91 Å². The number of amides is 1. The van der Waals surface area contributed by atoms with Crippen LogP contribution in [-0.2, 0) is 21.5 Å². The number of rotatable bonds is 10. The monoisotopic (exact) mass is 431 g/mol. The summed E-state index contributed by atoms with van der Waals surface area (Å²) in [4.78, 5) is 14.6. The van der Waals surface area contributed by atoms with Crippen LogP contribution < -0.4 is 8.92 Å². The fourth-order valence-electron chi connectivity index (χ4n) is 2.78. The minimum Gasteiger partial charge on any atom is -0.493 e. The van der Waals surface area contributed by atoms with Crippen molar-refractivity contribution in [2.24, 2.45) is 0 Å². The van der Waals surface area contributed by atoms with Gasteiger partial charge in [-0.2, -0.15) is 8.42 Å². The lowest BCUT2D eigenvalue weighted by molar-refractivity contribution is -0.128. The molecule has 0 radical (unpaired) electrons. The predicted octanol–water partition coefficient (Wildman–Crippen LogP) is 4.26. The zero-order valence-electron chi connectivity index (χ0n) is 17.9. The Morgan fingerprint density at radius 1 is 1.10 bits per heavy atom. The van der Waals surface area contributed by atoms with Gasteiger partial charge >= 0.3 is 10.1 Å². The van der Waals surface area contributed by atoms with Crippen molar-refractivity contribution in [3.8, 4) is 11.5 Å². The highest BCUT2D eigenvalue weighted by molar-refractivity contribution is 7.87. The van der Waals surface area contributed by atoms with Gasteiger partial charge < -0.3 is 13.8 Å². The van der Waals surface area contributed by atoms with Gasteiger partial charge in [-0.3, -0.25) is 4.79 Å². The maximum absolute atomic E-state index is 12.9. The van der Waals surface area contributed by atoms with E-state index in [1.807, 2.05) is 44.2 Å². The molecule has 0 aromatic heterocycles. The molecule has 0 aliphatic heterocycles. The molecule has 0 bridgehead atoms. The molecule has 162 valence electrons. The zero-order valence-corrected chi connectivity index (χ0v) is 18.7. The van der Waals surface area contributed by atoms with E-state index in [1.165, 1.54) is 14.0 Å². The van der Waals surface area contributed by atoms with E-state index >= 15 is 0 Å². The number of methoxy groups -OCH3 is 1. The van der Waals surface area contributed by atoms with Crippen LogP contribution in [-0.4, -0.2) is 38.1 Å². The van der Waals surface area contributed by atoms with Crippen molar-refractivity contribution in [3.05, 3.63) is 65.7 Å². The Hall–Kier alpha value is -2.80. The van der Waals surface area contributed by atoms with Crippen molar-refractivity contribution >= 4 is 22.1 Å². The lowest BCUT2D eigenvalue weighted by Gasteiger charge is -2.28. The summed E-state index contributed by atoms with van der Waals surface area (Å²) in [5, 5.41) is 0. The van der Waals surface area contributed by atoms with E-state index in [0.29, 0.717) is 12.3 Å². The lowest BCUT2D eigenvalue weighted by atomic mass is 10.1. The molecule has 6 nitrogen and oxygen atoms in total. The van der Waals surface area contributed by atoms with Crippen LogP contribution in [0.2, 0.25) is 0 Å². The van der Waals surface area contributed by atoms with Gasteiger partial charge in [-0.25, -0.2) is 0 Å². The first-order valence-electron chi connectivity index (χ1n) is 9.92. The molecule has 0 aliphatic rings. The van der Waals surface area contributed by atoms with Gasteiger partial charge in [-0.15, -0.1) is 0 Å². The predicted molar refractivity (Wildman–Crippen MR) is 119 cm³/mol. The van der Waals surface area contributed by atoms with Crippen LogP contribution in [0.1, 0.15) is 38.3 Å². The highest BCUT2D eigenvalue weighted by Gasteiger charge is 2.20. The highest BCUT2D eigenvalue weighted by Crippen LogP contribution is 2.30. The van der Waals surface area contributed by atoms with Crippen molar-refractivity contribution in [3.63, 3.8) is 0 Å². The minimum absolute atomic E-state index is 0.00349. The van der Waals surface area contributed by atoms with Crippen LogP contribution >= 0.6 is 0 Å². The van der Waals surface area contributed by atoms with Crippen molar-refractivity contribution in [2.45, 2.75) is 39.8 Å². The quantitative estimate of drug-likeness (QED) is 0.415. The molecular formula is C23H29NO5S. The number of hydrogen-bond donors (Lipinski definition) is 0. The summed E-state index contributed by atoms with van der Waals surface area (Å²) in [7, 11) is -2.25. The van der Waals surface area contributed by atoms with Gasteiger partial charge in [0.05, 0.1) is 12.9 Å². The fraction of sp³-hybridized carbons (Fsp3) is 0.348. The number of hydrogen-bond acceptors (Lipinski definition) is 5. The molecule has 0 saturated carbocycles. The minimum atomic E-state index is -3.70. The Morgan fingerprint density at radius 2 is 1.80 bits per heavy atom. The highest BCUT2D eigenvalue weighted by atomic mass is 32.2. The summed E-state index contributed by atoms with van der Waals surface area (Å²) in [6, 6.07) is 14.7. The van der Waals surface area contributed by atoms with E-state index in [4.69, 9.17) is 8.92 Å². The van der Waals surface area contributed by atoms with Crippen LogP contribution in [0.5, 0.6) is 11.5 Å². The molecule has 1 amide bonds. The molecule has 0 saturated heterocycles. The van der Waals surface area contributed by atoms with Gasteiger partial charge in [0, 0.05) is 18.7 Å². The van der Waals surface area contributed by atoms with Gasteiger partial charge in [-0.05, 0) is 49.6 Å². The van der Waals surface area contributed by atoms with Crippen molar-refractivity contribution in [1.29, 1.82) is 0 Å². The smallest absolute Gasteiger partial charge is 0.309 e. The fourth-order valence-corrected chi connectivity index (χ4v) is 3.30. The zero-order chi connectivity index (χ0) is 22.1. The van der Waals surface area contributed by atoms with Gasteiger partial charge in [0.15, 0.2) is 11.5 Å². The Morgan fingerprint density at radius 3 is 2.40 bits per heavy atom. The molecule has 2 aromatic rings. The third kappa shape index (κ3) is 6.62. The molecule has 0 N–H and O–H groups in total. The first kappa shape index (κ1) is 23.5. The molecule has 0 spiro atoms. The maximum Gasteiger partial charge on any atom is 0.309 e. The molecule has 2 rings (SSSR count). The maximum atomic E-state index is 12.9. The second kappa shape index (κ2) is 10.8. The SMILES string of the molecule is CCC(C)N(Cc1ccc(OC)c(OS(=O)(=O)CC)c1)C(=O)/C=C/c1ccccc1. The Kier molecular flexibility index (Phi) is 8.47. The molecular weight excluding hydrogens is 402 g/mol. The third-order valence-electron chi connectivity index (χ3n) is 4.78.